The minimum atomic E-state index is -0.941. The van der Waals surface area contributed by atoms with Crippen LogP contribution < -0.4 is 10.2 Å². The fourth-order valence-electron chi connectivity index (χ4n) is 6.68. The van der Waals surface area contributed by atoms with E-state index in [9.17, 15) is 19.5 Å². The number of ether oxygens (including phenoxy) is 1. The van der Waals surface area contributed by atoms with Gasteiger partial charge >= 0.3 is 12.2 Å². The lowest BCUT2D eigenvalue weighted by molar-refractivity contribution is -0.118. The molecule has 1 aliphatic carbocycles. The Morgan fingerprint density at radius 2 is 1.69 bits per heavy atom. The number of halogens is 1. The molecule has 0 bridgehead atoms. The van der Waals surface area contributed by atoms with Gasteiger partial charge < -0.3 is 25.0 Å². The molecule has 1 saturated heterocycles. The monoisotopic (exact) mass is 587 g/mol. The van der Waals surface area contributed by atoms with Crippen LogP contribution in [-0.4, -0.2) is 53.8 Å². The van der Waals surface area contributed by atoms with E-state index in [0.29, 0.717) is 49.0 Å². The lowest BCUT2D eigenvalue weighted by atomic mass is 9.87. The number of alkyl carbamates (subject to hydrolysis) is 1. The highest BCUT2D eigenvalue weighted by atomic mass is 35.5. The zero-order chi connectivity index (χ0) is 29.5. The van der Waals surface area contributed by atoms with Crippen LogP contribution in [0.4, 0.5) is 15.3 Å². The number of fused-ring (bicyclic) bond motifs is 4. The van der Waals surface area contributed by atoms with Crippen LogP contribution in [0.15, 0.2) is 60.7 Å². The molecule has 1 unspecified atom stereocenters. The fourth-order valence-corrected chi connectivity index (χ4v) is 6.96. The van der Waals surface area contributed by atoms with Crippen LogP contribution in [0, 0.1) is 5.92 Å². The normalized spacial score (nSPS) is 19.5. The summed E-state index contributed by atoms with van der Waals surface area (Å²) in [5, 5.41) is 12.9. The number of amides is 3. The van der Waals surface area contributed by atoms with E-state index in [1.54, 1.807) is 4.90 Å². The third-order valence-electron chi connectivity index (χ3n) is 8.64. The molecule has 0 aromatic heterocycles. The summed E-state index contributed by atoms with van der Waals surface area (Å²) in [6, 6.07) is 19.0. The highest BCUT2D eigenvalue weighted by molar-refractivity contribution is 6.34. The molecule has 9 heteroatoms. The first-order valence-corrected chi connectivity index (χ1v) is 14.9. The molecule has 8 nitrogen and oxygen atoms in total. The van der Waals surface area contributed by atoms with Crippen molar-refractivity contribution in [3.8, 4) is 11.1 Å². The largest absolute Gasteiger partial charge is 0.465 e. The second kappa shape index (κ2) is 11.3. The average molecular weight is 588 g/mol. The van der Waals surface area contributed by atoms with Crippen molar-refractivity contribution in [3.05, 3.63) is 87.9 Å². The Labute approximate surface area is 250 Å². The van der Waals surface area contributed by atoms with Gasteiger partial charge in [0, 0.05) is 19.0 Å². The molecule has 0 saturated carbocycles. The summed E-state index contributed by atoms with van der Waals surface area (Å²) in [5.74, 6) is -0.0111. The lowest BCUT2D eigenvalue weighted by Gasteiger charge is -2.37. The van der Waals surface area contributed by atoms with E-state index in [1.165, 1.54) is 4.90 Å². The molecule has 3 aromatic rings. The molecular weight excluding hydrogens is 554 g/mol. The quantitative estimate of drug-likeness (QED) is 0.338. The van der Waals surface area contributed by atoms with E-state index < -0.39 is 18.2 Å². The second-order valence-electron chi connectivity index (χ2n) is 11.7. The van der Waals surface area contributed by atoms with Gasteiger partial charge in [-0.05, 0) is 70.7 Å². The molecule has 2 atom stereocenters. The van der Waals surface area contributed by atoms with E-state index in [4.69, 9.17) is 16.3 Å². The summed E-state index contributed by atoms with van der Waals surface area (Å²) < 4.78 is 5.66. The number of benzene rings is 3. The molecule has 3 aliphatic rings. The first-order chi connectivity index (χ1) is 20.2. The summed E-state index contributed by atoms with van der Waals surface area (Å²) in [6.07, 6.45) is 0.0922. The van der Waals surface area contributed by atoms with Crippen LogP contribution >= 0.6 is 11.6 Å². The number of anilines is 1. The van der Waals surface area contributed by atoms with Crippen molar-refractivity contribution >= 4 is 35.4 Å². The third kappa shape index (κ3) is 5.09. The Bertz CT molecular complexity index is 1510. The van der Waals surface area contributed by atoms with Gasteiger partial charge in [-0.1, -0.05) is 74.0 Å². The summed E-state index contributed by atoms with van der Waals surface area (Å²) in [5.41, 5.74) is 7.03. The van der Waals surface area contributed by atoms with Gasteiger partial charge in [-0.3, -0.25) is 4.79 Å². The van der Waals surface area contributed by atoms with Gasteiger partial charge in [0.2, 0.25) is 5.91 Å². The molecule has 2 N–H and O–H groups in total. The predicted octanol–water partition coefficient (Wildman–Crippen LogP) is 6.61. The number of hydrogen-bond acceptors (Lipinski definition) is 4. The molecule has 2 heterocycles. The highest BCUT2D eigenvalue weighted by Crippen LogP contribution is 2.45. The highest BCUT2D eigenvalue weighted by Gasteiger charge is 2.38. The van der Waals surface area contributed by atoms with Crippen LogP contribution in [0.1, 0.15) is 60.9 Å². The molecular formula is C33H34ClN3O5. The van der Waals surface area contributed by atoms with E-state index in [-0.39, 0.29) is 24.5 Å². The van der Waals surface area contributed by atoms with Gasteiger partial charge in [0.15, 0.2) is 0 Å². The van der Waals surface area contributed by atoms with E-state index in [2.05, 4.69) is 43.4 Å². The Balaban J connectivity index is 1.13. The van der Waals surface area contributed by atoms with Gasteiger partial charge in [-0.15, -0.1) is 0 Å². The molecule has 42 heavy (non-hydrogen) atoms. The number of nitrogens with one attached hydrogen (secondary N) is 1. The Morgan fingerprint density at radius 1 is 1.02 bits per heavy atom. The Hall–Kier alpha value is -4.04. The Morgan fingerprint density at radius 3 is 2.33 bits per heavy atom. The van der Waals surface area contributed by atoms with Crippen molar-refractivity contribution in [2.24, 2.45) is 5.92 Å². The van der Waals surface area contributed by atoms with Gasteiger partial charge in [0.1, 0.15) is 12.6 Å². The molecule has 3 aromatic carbocycles. The van der Waals surface area contributed by atoms with Crippen molar-refractivity contribution in [2.75, 3.05) is 24.6 Å². The number of nitrogens with zero attached hydrogens (tertiary/aromatic N) is 2. The minimum absolute atomic E-state index is 0.0650. The van der Waals surface area contributed by atoms with Gasteiger partial charge in [-0.25, -0.2) is 9.59 Å². The van der Waals surface area contributed by atoms with Crippen molar-refractivity contribution < 1.29 is 24.2 Å². The molecule has 218 valence electrons. The molecule has 2 aliphatic heterocycles. The second-order valence-corrected chi connectivity index (χ2v) is 12.1. The number of carbonyl (C=O) groups excluding carboxylic acids is 2. The van der Waals surface area contributed by atoms with Crippen molar-refractivity contribution in [1.29, 1.82) is 0 Å². The maximum atomic E-state index is 13.4. The molecule has 3 amide bonds. The van der Waals surface area contributed by atoms with Crippen LogP contribution in [0.3, 0.4) is 0 Å². The Kier molecular flexibility index (Phi) is 7.58. The van der Waals surface area contributed by atoms with Crippen LogP contribution in [-0.2, 0) is 16.0 Å². The molecule has 6 rings (SSSR count). The van der Waals surface area contributed by atoms with Crippen molar-refractivity contribution in [1.82, 2.24) is 10.2 Å². The number of carbonyl (C=O) groups is 3. The first-order valence-electron chi connectivity index (χ1n) is 14.5. The maximum absolute atomic E-state index is 13.4. The number of hydrogen-bond donors (Lipinski definition) is 2. The molecule has 0 spiro atoms. The summed E-state index contributed by atoms with van der Waals surface area (Å²) in [6.45, 7) is 5.10. The van der Waals surface area contributed by atoms with E-state index in [1.807, 2.05) is 36.4 Å². The fraction of sp³-hybridized carbons (Fsp3) is 0.364. The summed E-state index contributed by atoms with van der Waals surface area (Å²) >= 11 is 6.72. The van der Waals surface area contributed by atoms with Gasteiger partial charge in [-0.2, -0.15) is 0 Å². The number of carboxylic acid groups (broad SMARTS) is 1. The average Bonchev–Trinajstić information content (AvgIpc) is 3.48. The van der Waals surface area contributed by atoms with Crippen molar-refractivity contribution in [2.45, 2.75) is 51.1 Å². The number of rotatable bonds is 6. The van der Waals surface area contributed by atoms with E-state index in [0.717, 1.165) is 33.4 Å². The minimum Gasteiger partial charge on any atom is -0.465 e. The van der Waals surface area contributed by atoms with E-state index >= 15 is 0 Å². The molecule has 0 radical (unpaired) electrons. The zero-order valence-electron chi connectivity index (χ0n) is 23.7. The SMILES string of the molecule is CC(C)CC1c2cc(Cl)c(N3CC[C@H](NC(=O)OCC4c5ccccc5-c5ccccc54)C3=O)cc2CCN1C(=O)O. The summed E-state index contributed by atoms with van der Waals surface area (Å²) in [4.78, 5) is 41.3. The van der Waals surface area contributed by atoms with Gasteiger partial charge in [0.25, 0.3) is 0 Å². The van der Waals surface area contributed by atoms with Crippen LogP contribution in [0.2, 0.25) is 5.02 Å². The molecule has 1 fully saturated rings. The van der Waals surface area contributed by atoms with Crippen molar-refractivity contribution in [3.63, 3.8) is 0 Å². The van der Waals surface area contributed by atoms with Crippen LogP contribution in [0.25, 0.3) is 11.1 Å². The van der Waals surface area contributed by atoms with Gasteiger partial charge in [0.05, 0.1) is 16.8 Å². The first kappa shape index (κ1) is 28.1. The zero-order valence-corrected chi connectivity index (χ0v) is 24.4. The lowest BCUT2D eigenvalue weighted by Crippen LogP contribution is -2.42. The summed E-state index contributed by atoms with van der Waals surface area (Å²) in [7, 11) is 0. The predicted molar refractivity (Wildman–Crippen MR) is 161 cm³/mol. The third-order valence-corrected chi connectivity index (χ3v) is 8.94. The topological polar surface area (TPSA) is 99.2 Å². The maximum Gasteiger partial charge on any atom is 0.407 e. The van der Waals surface area contributed by atoms with Crippen LogP contribution in [0.5, 0.6) is 0 Å². The standard InChI is InChI=1S/C33H34ClN3O5/c1-19(2)15-29-25-17-27(34)30(16-20(25)11-13-37(29)33(40)41)36-14-12-28(31(36)38)35-32(39)42-18-26-23-9-5-3-7-21(23)22-8-4-6-10-24(22)26/h3-10,16-17,19,26,28-29H,11-15,18H2,1-2H3,(H,35,39)(H,40,41)/t28-,29?/m0/s1. The smallest absolute Gasteiger partial charge is 0.407 e.